The summed E-state index contributed by atoms with van der Waals surface area (Å²) >= 11 is 0. The Morgan fingerprint density at radius 2 is 1.80 bits per heavy atom. The second-order valence-corrected chi connectivity index (χ2v) is 9.54. The second kappa shape index (κ2) is 8.37. The fourth-order valence-electron chi connectivity index (χ4n) is 2.98. The number of hydrogen-bond donors (Lipinski definition) is 2. The maximum atomic E-state index is 12.8. The molecule has 9 heteroatoms. The van der Waals surface area contributed by atoms with Crippen molar-refractivity contribution < 1.29 is 13.2 Å². The molecule has 0 radical (unpaired) electrons. The molecule has 8 nitrogen and oxygen atoms in total. The van der Waals surface area contributed by atoms with E-state index in [1.807, 2.05) is 6.07 Å². The molecule has 0 aliphatic heterocycles. The molecular formula is C21H25N5O3S. The molecule has 1 aromatic carbocycles. The summed E-state index contributed by atoms with van der Waals surface area (Å²) < 4.78 is 29.7. The average Bonchev–Trinajstić information content (AvgIpc) is 3.06. The van der Waals surface area contributed by atoms with Gasteiger partial charge >= 0.3 is 0 Å². The van der Waals surface area contributed by atoms with Gasteiger partial charge in [0.05, 0.1) is 22.3 Å². The fourth-order valence-corrected chi connectivity index (χ4v) is 4.64. The average molecular weight is 428 g/mol. The highest BCUT2D eigenvalue weighted by Crippen LogP contribution is 2.18. The van der Waals surface area contributed by atoms with Gasteiger partial charge in [-0.2, -0.15) is 5.10 Å². The van der Waals surface area contributed by atoms with Crippen molar-refractivity contribution in [3.8, 4) is 5.82 Å². The predicted octanol–water partition coefficient (Wildman–Crippen LogP) is 2.58. The number of carbonyl (C=O) groups excluding carboxylic acids is 1. The number of amides is 1. The first-order chi connectivity index (χ1) is 14.1. The van der Waals surface area contributed by atoms with E-state index in [0.29, 0.717) is 22.6 Å². The van der Waals surface area contributed by atoms with Gasteiger partial charge in [0.15, 0.2) is 5.82 Å². The Hall–Kier alpha value is -3.04. The maximum absolute atomic E-state index is 12.8. The van der Waals surface area contributed by atoms with E-state index in [1.165, 1.54) is 12.3 Å². The van der Waals surface area contributed by atoms with E-state index in [4.69, 9.17) is 0 Å². The van der Waals surface area contributed by atoms with Gasteiger partial charge in [0.1, 0.15) is 0 Å². The van der Waals surface area contributed by atoms with Crippen LogP contribution in [0.5, 0.6) is 0 Å². The summed E-state index contributed by atoms with van der Waals surface area (Å²) in [5.41, 5.74) is 0.916. The molecule has 2 heterocycles. The molecule has 2 N–H and O–H groups in total. The molecule has 0 unspecified atom stereocenters. The molecule has 3 aromatic rings. The predicted molar refractivity (Wildman–Crippen MR) is 114 cm³/mol. The molecule has 0 aliphatic carbocycles. The number of rotatable bonds is 6. The third kappa shape index (κ3) is 4.92. The normalized spacial score (nSPS) is 12.0. The van der Waals surface area contributed by atoms with Gasteiger partial charge in [0.25, 0.3) is 5.91 Å². The van der Waals surface area contributed by atoms with E-state index in [9.17, 15) is 13.2 Å². The Labute approximate surface area is 176 Å². The standard InChI is InChI=1S/C21H25N5O3S/c1-15-17(14-24-26(15)19-11-7-8-12-22-19)20(27)23-13-16-9-5-6-10-18(16)30(28,29)25-21(2,3)4/h5-12,14,25H,13H2,1-4H3,(H,23,27). The topological polar surface area (TPSA) is 106 Å². The van der Waals surface area contributed by atoms with Crippen LogP contribution in [-0.4, -0.2) is 34.6 Å². The third-order valence-corrected chi connectivity index (χ3v) is 6.12. The zero-order valence-electron chi connectivity index (χ0n) is 17.4. The number of nitrogens with zero attached hydrogens (tertiary/aromatic N) is 3. The number of pyridine rings is 1. The molecular weight excluding hydrogens is 402 g/mol. The van der Waals surface area contributed by atoms with Gasteiger partial charge in [-0.1, -0.05) is 24.3 Å². The van der Waals surface area contributed by atoms with Crippen LogP contribution in [0.4, 0.5) is 0 Å². The van der Waals surface area contributed by atoms with Crippen molar-refractivity contribution in [3.63, 3.8) is 0 Å². The molecule has 158 valence electrons. The van der Waals surface area contributed by atoms with E-state index < -0.39 is 15.6 Å². The Kier molecular flexibility index (Phi) is 6.04. The van der Waals surface area contributed by atoms with Gasteiger partial charge in [-0.15, -0.1) is 0 Å². The first-order valence-corrected chi connectivity index (χ1v) is 10.9. The van der Waals surface area contributed by atoms with Crippen LogP contribution in [0, 0.1) is 6.92 Å². The lowest BCUT2D eigenvalue weighted by Crippen LogP contribution is -2.41. The molecule has 1 amide bonds. The highest BCUT2D eigenvalue weighted by atomic mass is 32.2. The van der Waals surface area contributed by atoms with Crippen LogP contribution in [0.25, 0.3) is 5.82 Å². The van der Waals surface area contributed by atoms with Crippen LogP contribution in [0.1, 0.15) is 42.4 Å². The van der Waals surface area contributed by atoms with Crippen molar-refractivity contribution in [1.82, 2.24) is 24.8 Å². The summed E-state index contributed by atoms with van der Waals surface area (Å²) in [7, 11) is -3.73. The van der Waals surface area contributed by atoms with E-state index in [1.54, 1.807) is 68.9 Å². The highest BCUT2D eigenvalue weighted by Gasteiger charge is 2.24. The van der Waals surface area contributed by atoms with Crippen LogP contribution < -0.4 is 10.0 Å². The first-order valence-electron chi connectivity index (χ1n) is 9.44. The first kappa shape index (κ1) is 21.7. The molecule has 0 fully saturated rings. The molecule has 2 aromatic heterocycles. The molecule has 0 bridgehead atoms. The summed E-state index contributed by atoms with van der Waals surface area (Å²) in [6.45, 7) is 7.17. The molecule has 3 rings (SSSR count). The van der Waals surface area contributed by atoms with E-state index >= 15 is 0 Å². The van der Waals surface area contributed by atoms with Gasteiger partial charge < -0.3 is 5.32 Å². The SMILES string of the molecule is Cc1c(C(=O)NCc2ccccc2S(=O)(=O)NC(C)(C)C)cnn1-c1ccccn1. The van der Waals surface area contributed by atoms with Crippen LogP contribution in [0.3, 0.4) is 0 Å². The van der Waals surface area contributed by atoms with Crippen molar-refractivity contribution in [2.45, 2.75) is 44.7 Å². The lowest BCUT2D eigenvalue weighted by Gasteiger charge is -2.21. The molecule has 0 atom stereocenters. The van der Waals surface area contributed by atoms with Gasteiger partial charge in [-0.05, 0) is 51.5 Å². The number of sulfonamides is 1. The van der Waals surface area contributed by atoms with Crippen molar-refractivity contribution in [1.29, 1.82) is 0 Å². The van der Waals surface area contributed by atoms with Crippen molar-refractivity contribution in [2.75, 3.05) is 0 Å². The molecule has 30 heavy (non-hydrogen) atoms. The minimum atomic E-state index is -3.73. The lowest BCUT2D eigenvalue weighted by atomic mass is 10.1. The van der Waals surface area contributed by atoms with Crippen molar-refractivity contribution >= 4 is 15.9 Å². The summed E-state index contributed by atoms with van der Waals surface area (Å²) in [6, 6.07) is 12.0. The molecule has 0 aliphatic rings. The fraction of sp³-hybridized carbons (Fsp3) is 0.286. The summed E-state index contributed by atoms with van der Waals surface area (Å²) in [4.78, 5) is 17.1. The Balaban J connectivity index is 1.79. The van der Waals surface area contributed by atoms with Gasteiger partial charge in [-0.25, -0.2) is 22.8 Å². The number of benzene rings is 1. The minimum Gasteiger partial charge on any atom is -0.348 e. The number of hydrogen-bond acceptors (Lipinski definition) is 5. The van der Waals surface area contributed by atoms with Gasteiger partial charge in [0, 0.05) is 18.3 Å². The Bertz CT molecular complexity index is 1150. The van der Waals surface area contributed by atoms with Crippen LogP contribution in [-0.2, 0) is 16.6 Å². The van der Waals surface area contributed by atoms with Gasteiger partial charge in [0.2, 0.25) is 10.0 Å². The smallest absolute Gasteiger partial charge is 0.255 e. The van der Waals surface area contributed by atoms with E-state index in [0.717, 1.165) is 0 Å². The van der Waals surface area contributed by atoms with Crippen LogP contribution in [0.2, 0.25) is 0 Å². The second-order valence-electron chi connectivity index (χ2n) is 7.89. The Morgan fingerprint density at radius 3 is 2.47 bits per heavy atom. The maximum Gasteiger partial charge on any atom is 0.255 e. The largest absolute Gasteiger partial charge is 0.348 e. The van der Waals surface area contributed by atoms with Crippen LogP contribution in [0.15, 0.2) is 59.8 Å². The lowest BCUT2D eigenvalue weighted by molar-refractivity contribution is 0.0950. The van der Waals surface area contributed by atoms with E-state index in [2.05, 4.69) is 20.1 Å². The van der Waals surface area contributed by atoms with Crippen LogP contribution >= 0.6 is 0 Å². The number of aromatic nitrogens is 3. The van der Waals surface area contributed by atoms with Crippen molar-refractivity contribution in [3.05, 3.63) is 71.7 Å². The number of nitrogens with one attached hydrogen (secondary N) is 2. The summed E-state index contributed by atoms with van der Waals surface area (Å²) in [5.74, 6) is 0.268. The molecule has 0 saturated carbocycles. The highest BCUT2D eigenvalue weighted by molar-refractivity contribution is 7.89. The quantitative estimate of drug-likeness (QED) is 0.629. The van der Waals surface area contributed by atoms with E-state index in [-0.39, 0.29) is 17.3 Å². The molecule has 0 spiro atoms. The minimum absolute atomic E-state index is 0.0638. The summed E-state index contributed by atoms with van der Waals surface area (Å²) in [5, 5.41) is 7.04. The zero-order valence-corrected chi connectivity index (χ0v) is 18.2. The monoisotopic (exact) mass is 427 g/mol. The Morgan fingerprint density at radius 1 is 1.10 bits per heavy atom. The zero-order chi connectivity index (χ0) is 21.9. The third-order valence-electron chi connectivity index (χ3n) is 4.26. The summed E-state index contributed by atoms with van der Waals surface area (Å²) in [6.07, 6.45) is 3.13. The van der Waals surface area contributed by atoms with Crippen molar-refractivity contribution in [2.24, 2.45) is 0 Å². The van der Waals surface area contributed by atoms with Gasteiger partial charge in [-0.3, -0.25) is 4.79 Å². The molecule has 0 saturated heterocycles. The number of carbonyl (C=O) groups is 1.